The van der Waals surface area contributed by atoms with Crippen LogP contribution in [0.3, 0.4) is 0 Å². The van der Waals surface area contributed by atoms with Gasteiger partial charge in [-0.15, -0.1) is 0 Å². The molecular formula is C20H30N2O3. The van der Waals surface area contributed by atoms with Gasteiger partial charge in [0.25, 0.3) is 0 Å². The molecule has 3 rings (SSSR count). The van der Waals surface area contributed by atoms with E-state index in [1.165, 1.54) is 11.3 Å². The molecule has 2 aliphatic heterocycles. The molecule has 0 aromatic heterocycles. The second kappa shape index (κ2) is 8.68. The largest absolute Gasteiger partial charge is 0.481 e. The first-order valence-corrected chi connectivity index (χ1v) is 9.49. The van der Waals surface area contributed by atoms with Gasteiger partial charge < -0.3 is 14.7 Å². The number of hydrogen-bond donors (Lipinski definition) is 1. The number of carboxylic acids is 1. The van der Waals surface area contributed by atoms with E-state index in [-0.39, 0.29) is 5.92 Å². The van der Waals surface area contributed by atoms with Crippen molar-refractivity contribution in [2.75, 3.05) is 44.3 Å². The fourth-order valence-electron chi connectivity index (χ4n) is 4.09. The summed E-state index contributed by atoms with van der Waals surface area (Å²) in [7, 11) is 0. The van der Waals surface area contributed by atoms with Crippen molar-refractivity contribution < 1.29 is 14.6 Å². The molecule has 0 aliphatic carbocycles. The standard InChI is InChI=1S/C20H30N2O3/c1-16(20(23)24)13-17-5-4-8-21(14-17)15-18-6-2-3-7-19(18)22-9-11-25-12-10-22/h2-3,6-7,16-17H,4-5,8-15H2,1H3,(H,23,24). The predicted octanol–water partition coefficient (Wildman–Crippen LogP) is 2.85. The highest BCUT2D eigenvalue weighted by molar-refractivity contribution is 5.69. The van der Waals surface area contributed by atoms with Crippen molar-refractivity contribution >= 4 is 11.7 Å². The Hall–Kier alpha value is -1.59. The number of para-hydroxylation sites is 1. The predicted molar refractivity (Wildman–Crippen MR) is 98.9 cm³/mol. The second-order valence-electron chi connectivity index (χ2n) is 7.45. The van der Waals surface area contributed by atoms with Gasteiger partial charge in [-0.25, -0.2) is 0 Å². The van der Waals surface area contributed by atoms with E-state index < -0.39 is 5.97 Å². The van der Waals surface area contributed by atoms with Crippen LogP contribution in [0.5, 0.6) is 0 Å². The van der Waals surface area contributed by atoms with Crippen molar-refractivity contribution in [2.45, 2.75) is 32.7 Å². The molecule has 1 aromatic carbocycles. The highest BCUT2D eigenvalue weighted by Crippen LogP contribution is 2.27. The molecule has 138 valence electrons. The van der Waals surface area contributed by atoms with E-state index in [1.54, 1.807) is 0 Å². The van der Waals surface area contributed by atoms with E-state index in [0.29, 0.717) is 5.92 Å². The van der Waals surface area contributed by atoms with Crippen LogP contribution in [-0.4, -0.2) is 55.4 Å². The van der Waals surface area contributed by atoms with Gasteiger partial charge in [-0.1, -0.05) is 25.1 Å². The van der Waals surface area contributed by atoms with Crippen molar-refractivity contribution in [3.8, 4) is 0 Å². The summed E-state index contributed by atoms with van der Waals surface area (Å²) < 4.78 is 5.48. The number of carbonyl (C=O) groups is 1. The topological polar surface area (TPSA) is 53.0 Å². The molecule has 2 unspecified atom stereocenters. The SMILES string of the molecule is CC(CC1CCCN(Cc2ccccc2N2CCOCC2)C1)C(=O)O. The zero-order chi connectivity index (χ0) is 17.6. The first-order valence-electron chi connectivity index (χ1n) is 9.49. The van der Waals surface area contributed by atoms with E-state index in [1.807, 2.05) is 6.92 Å². The summed E-state index contributed by atoms with van der Waals surface area (Å²) in [6.07, 6.45) is 3.10. The Labute approximate surface area is 150 Å². The van der Waals surface area contributed by atoms with Gasteiger partial charge in [-0.3, -0.25) is 9.69 Å². The zero-order valence-corrected chi connectivity index (χ0v) is 15.2. The number of ether oxygens (including phenoxy) is 1. The number of anilines is 1. The van der Waals surface area contributed by atoms with E-state index in [9.17, 15) is 4.79 Å². The van der Waals surface area contributed by atoms with Crippen LogP contribution in [0.25, 0.3) is 0 Å². The average molecular weight is 346 g/mol. The molecule has 0 amide bonds. The number of piperidine rings is 1. The van der Waals surface area contributed by atoms with Gasteiger partial charge in [-0.2, -0.15) is 0 Å². The van der Waals surface area contributed by atoms with Gasteiger partial charge in [0.2, 0.25) is 0 Å². The summed E-state index contributed by atoms with van der Waals surface area (Å²) in [6.45, 7) is 8.40. The Morgan fingerprint density at radius 3 is 2.80 bits per heavy atom. The van der Waals surface area contributed by atoms with Crippen molar-refractivity contribution in [3.05, 3.63) is 29.8 Å². The number of nitrogens with zero attached hydrogens (tertiary/aromatic N) is 2. The molecule has 0 bridgehead atoms. The van der Waals surface area contributed by atoms with Crippen LogP contribution in [0.15, 0.2) is 24.3 Å². The molecule has 2 atom stereocenters. The van der Waals surface area contributed by atoms with Gasteiger partial charge >= 0.3 is 5.97 Å². The van der Waals surface area contributed by atoms with Crippen molar-refractivity contribution in [3.63, 3.8) is 0 Å². The molecule has 2 heterocycles. The number of rotatable bonds is 6. The number of likely N-dealkylation sites (tertiary alicyclic amines) is 1. The lowest BCUT2D eigenvalue weighted by molar-refractivity contribution is -0.141. The summed E-state index contributed by atoms with van der Waals surface area (Å²) in [5.74, 6) is -0.421. The summed E-state index contributed by atoms with van der Waals surface area (Å²) in [4.78, 5) is 16.1. The molecule has 2 fully saturated rings. The zero-order valence-electron chi connectivity index (χ0n) is 15.2. The smallest absolute Gasteiger partial charge is 0.306 e. The van der Waals surface area contributed by atoms with Gasteiger partial charge in [0.1, 0.15) is 0 Å². The number of carboxylic acid groups (broad SMARTS) is 1. The Bertz CT molecular complexity index is 572. The monoisotopic (exact) mass is 346 g/mol. The maximum atomic E-state index is 11.1. The second-order valence-corrected chi connectivity index (χ2v) is 7.45. The third-order valence-electron chi connectivity index (χ3n) is 5.45. The molecule has 0 radical (unpaired) electrons. The van der Waals surface area contributed by atoms with E-state index >= 15 is 0 Å². The molecular weight excluding hydrogens is 316 g/mol. The highest BCUT2D eigenvalue weighted by atomic mass is 16.5. The number of aliphatic carboxylic acids is 1. The number of benzene rings is 1. The molecule has 1 aromatic rings. The lowest BCUT2D eigenvalue weighted by Gasteiger charge is -2.35. The molecule has 0 saturated carbocycles. The van der Waals surface area contributed by atoms with Gasteiger partial charge in [0, 0.05) is 31.9 Å². The summed E-state index contributed by atoms with van der Waals surface area (Å²) in [5, 5.41) is 9.17. The first kappa shape index (κ1) is 18.2. The lowest BCUT2D eigenvalue weighted by atomic mass is 9.89. The molecule has 2 aliphatic rings. The quantitative estimate of drug-likeness (QED) is 0.858. The molecule has 1 N–H and O–H groups in total. The minimum atomic E-state index is -0.671. The number of hydrogen-bond acceptors (Lipinski definition) is 4. The molecule has 25 heavy (non-hydrogen) atoms. The normalized spacial score (nSPS) is 23.4. The fourth-order valence-corrected chi connectivity index (χ4v) is 4.09. The Balaban J connectivity index is 1.62. The van der Waals surface area contributed by atoms with Crippen LogP contribution < -0.4 is 4.90 Å². The van der Waals surface area contributed by atoms with Crippen LogP contribution in [0.4, 0.5) is 5.69 Å². The van der Waals surface area contributed by atoms with Gasteiger partial charge in [-0.05, 0) is 43.4 Å². The van der Waals surface area contributed by atoms with Crippen molar-refractivity contribution in [1.82, 2.24) is 4.90 Å². The maximum absolute atomic E-state index is 11.1. The summed E-state index contributed by atoms with van der Waals surface area (Å²) in [5.41, 5.74) is 2.70. The summed E-state index contributed by atoms with van der Waals surface area (Å²) in [6, 6.07) is 8.68. The molecule has 2 saturated heterocycles. The van der Waals surface area contributed by atoms with E-state index in [4.69, 9.17) is 9.84 Å². The third-order valence-corrected chi connectivity index (χ3v) is 5.45. The maximum Gasteiger partial charge on any atom is 0.306 e. The fraction of sp³-hybridized carbons (Fsp3) is 0.650. The Morgan fingerprint density at radius 1 is 1.28 bits per heavy atom. The molecule has 0 spiro atoms. The van der Waals surface area contributed by atoms with Gasteiger partial charge in [0.15, 0.2) is 0 Å². The highest BCUT2D eigenvalue weighted by Gasteiger charge is 2.25. The average Bonchev–Trinajstić information content (AvgIpc) is 2.63. The van der Waals surface area contributed by atoms with Crippen LogP contribution in [0.1, 0.15) is 31.7 Å². The third kappa shape index (κ3) is 4.95. The van der Waals surface area contributed by atoms with Crippen LogP contribution in [0, 0.1) is 11.8 Å². The first-order chi connectivity index (χ1) is 12.1. The van der Waals surface area contributed by atoms with Crippen LogP contribution in [-0.2, 0) is 16.1 Å². The lowest BCUT2D eigenvalue weighted by Crippen LogP contribution is -2.39. The minimum absolute atomic E-state index is 0.245. The Morgan fingerprint density at radius 2 is 2.04 bits per heavy atom. The minimum Gasteiger partial charge on any atom is -0.481 e. The van der Waals surface area contributed by atoms with Crippen molar-refractivity contribution in [1.29, 1.82) is 0 Å². The van der Waals surface area contributed by atoms with Crippen LogP contribution in [0.2, 0.25) is 0 Å². The van der Waals surface area contributed by atoms with E-state index in [2.05, 4.69) is 34.1 Å². The number of morpholine rings is 1. The molecule has 5 nitrogen and oxygen atoms in total. The Kier molecular flexibility index (Phi) is 6.32. The van der Waals surface area contributed by atoms with Crippen LogP contribution >= 0.6 is 0 Å². The van der Waals surface area contributed by atoms with Gasteiger partial charge in [0.05, 0.1) is 19.1 Å². The molecule has 5 heteroatoms. The van der Waals surface area contributed by atoms with Crippen molar-refractivity contribution in [2.24, 2.45) is 11.8 Å². The van der Waals surface area contributed by atoms with E-state index in [0.717, 1.165) is 65.2 Å². The summed E-state index contributed by atoms with van der Waals surface area (Å²) >= 11 is 0.